The first-order chi connectivity index (χ1) is 25.5. The maximum Gasteiger partial charge on any atom is 0.171 e. The zero-order valence-corrected chi connectivity index (χ0v) is 30.3. The van der Waals surface area contributed by atoms with Gasteiger partial charge in [0.25, 0.3) is 0 Å². The Kier molecular flexibility index (Phi) is 9.27. The minimum atomic E-state index is -3.01. The molecule has 0 aromatic heterocycles. The standard InChI is InChI=1S/C48H36O2P2/c49-51(43-13-5-1-6-14-43,44-15-7-2-8-16-44)47-33-29-41(30-34-47)39-25-21-37(22-26-39)38-23-27-40(28-24-38)42-31-35-48(36-32-42)52(50,45-17-9-3-10-18-45)46-19-11-4-12-20-46/h1-36H. The second-order valence-electron chi connectivity index (χ2n) is 12.8. The van der Waals surface area contributed by atoms with Gasteiger partial charge >= 0.3 is 0 Å². The molecule has 0 saturated heterocycles. The van der Waals surface area contributed by atoms with Crippen molar-refractivity contribution in [2.75, 3.05) is 0 Å². The summed E-state index contributed by atoms with van der Waals surface area (Å²) in [5, 5.41) is 4.97. The van der Waals surface area contributed by atoms with E-state index in [1.54, 1.807) is 0 Å². The molecule has 0 spiro atoms. The van der Waals surface area contributed by atoms with E-state index in [0.717, 1.165) is 65.2 Å². The van der Waals surface area contributed by atoms with Gasteiger partial charge in [-0.2, -0.15) is 0 Å². The molecule has 8 rings (SSSR count). The van der Waals surface area contributed by atoms with Crippen LogP contribution in [0.4, 0.5) is 0 Å². The van der Waals surface area contributed by atoms with Crippen LogP contribution in [0.3, 0.4) is 0 Å². The summed E-state index contributed by atoms with van der Waals surface area (Å²) < 4.78 is 29.5. The lowest BCUT2D eigenvalue weighted by Gasteiger charge is -2.20. The van der Waals surface area contributed by atoms with Crippen LogP contribution in [-0.2, 0) is 9.13 Å². The van der Waals surface area contributed by atoms with Gasteiger partial charge in [-0.05, 0) is 33.4 Å². The van der Waals surface area contributed by atoms with E-state index >= 15 is 0 Å². The van der Waals surface area contributed by atoms with E-state index in [0.29, 0.717) is 0 Å². The van der Waals surface area contributed by atoms with E-state index in [1.165, 1.54) is 0 Å². The summed E-state index contributed by atoms with van der Waals surface area (Å²) in [6, 6.07) is 72.6. The van der Waals surface area contributed by atoms with E-state index in [-0.39, 0.29) is 0 Å². The molecule has 0 aliphatic heterocycles. The summed E-state index contributed by atoms with van der Waals surface area (Å²) in [7, 11) is -6.02. The minimum Gasteiger partial charge on any atom is -0.309 e. The highest BCUT2D eigenvalue weighted by molar-refractivity contribution is 7.85. The van der Waals surface area contributed by atoms with Crippen molar-refractivity contribution in [3.63, 3.8) is 0 Å². The van der Waals surface area contributed by atoms with Gasteiger partial charge in [0.1, 0.15) is 0 Å². The normalized spacial score (nSPS) is 11.6. The van der Waals surface area contributed by atoms with Crippen molar-refractivity contribution < 1.29 is 9.13 Å². The third kappa shape index (κ3) is 6.33. The Labute approximate surface area is 305 Å². The summed E-state index contributed by atoms with van der Waals surface area (Å²) in [6.07, 6.45) is 0. The molecule has 4 heteroatoms. The molecule has 8 aromatic rings. The lowest BCUT2D eigenvalue weighted by Crippen LogP contribution is -2.24. The second-order valence-corrected chi connectivity index (χ2v) is 18.3. The first-order valence-corrected chi connectivity index (χ1v) is 20.8. The van der Waals surface area contributed by atoms with Crippen LogP contribution in [-0.4, -0.2) is 0 Å². The fraction of sp³-hybridized carbons (Fsp3) is 0. The zero-order valence-electron chi connectivity index (χ0n) is 28.5. The Balaban J connectivity index is 1.01. The lowest BCUT2D eigenvalue weighted by atomic mass is 9.98. The Morgan fingerprint density at radius 1 is 0.192 bits per heavy atom. The summed E-state index contributed by atoms with van der Waals surface area (Å²) >= 11 is 0. The molecule has 0 radical (unpaired) electrons. The largest absolute Gasteiger partial charge is 0.309 e. The molecular weight excluding hydrogens is 670 g/mol. The maximum atomic E-state index is 14.7. The van der Waals surface area contributed by atoms with Crippen molar-refractivity contribution in [2.45, 2.75) is 0 Å². The van der Waals surface area contributed by atoms with Crippen molar-refractivity contribution in [2.24, 2.45) is 0 Å². The molecule has 0 fully saturated rings. The highest BCUT2D eigenvalue weighted by Crippen LogP contribution is 2.44. The van der Waals surface area contributed by atoms with E-state index in [2.05, 4.69) is 72.8 Å². The summed E-state index contributed by atoms with van der Waals surface area (Å²) in [5.74, 6) is 0. The van der Waals surface area contributed by atoms with E-state index in [9.17, 15) is 9.13 Å². The Morgan fingerprint density at radius 3 is 0.538 bits per heavy atom. The smallest absolute Gasteiger partial charge is 0.171 e. The van der Waals surface area contributed by atoms with Crippen LogP contribution in [0.2, 0.25) is 0 Å². The zero-order chi connectivity index (χ0) is 35.4. The Morgan fingerprint density at radius 2 is 0.346 bits per heavy atom. The van der Waals surface area contributed by atoms with Crippen molar-refractivity contribution in [3.8, 4) is 33.4 Å². The average molecular weight is 707 g/mol. The molecule has 0 N–H and O–H groups in total. The van der Waals surface area contributed by atoms with Crippen LogP contribution in [0.15, 0.2) is 218 Å². The van der Waals surface area contributed by atoms with Gasteiger partial charge in [-0.3, -0.25) is 0 Å². The summed E-state index contributed by atoms with van der Waals surface area (Å²) in [4.78, 5) is 0. The van der Waals surface area contributed by atoms with Crippen LogP contribution >= 0.6 is 14.3 Å². The predicted octanol–water partition coefficient (Wildman–Crippen LogP) is 9.97. The highest BCUT2D eigenvalue weighted by atomic mass is 31.2. The molecule has 0 bridgehead atoms. The molecule has 250 valence electrons. The number of benzene rings is 8. The molecule has 0 aliphatic rings. The first kappa shape index (κ1) is 33.4. The van der Waals surface area contributed by atoms with Gasteiger partial charge in [-0.25, -0.2) is 0 Å². The molecule has 8 aromatic carbocycles. The quantitative estimate of drug-likeness (QED) is 0.140. The van der Waals surface area contributed by atoms with E-state index in [1.807, 2.05) is 146 Å². The van der Waals surface area contributed by atoms with E-state index < -0.39 is 14.3 Å². The Bertz CT molecular complexity index is 2230. The maximum absolute atomic E-state index is 14.7. The predicted molar refractivity (Wildman–Crippen MR) is 222 cm³/mol. The van der Waals surface area contributed by atoms with Gasteiger partial charge < -0.3 is 9.13 Å². The number of rotatable bonds is 9. The monoisotopic (exact) mass is 706 g/mol. The SMILES string of the molecule is O=P(c1ccccc1)(c1ccccc1)c1ccc(-c2ccc(-c3ccc(-c4ccc(P(=O)(c5ccccc5)c5ccccc5)cc4)cc3)cc2)cc1. The second kappa shape index (κ2) is 14.5. The average Bonchev–Trinajstić information content (AvgIpc) is 3.24. The van der Waals surface area contributed by atoms with Crippen LogP contribution in [0, 0.1) is 0 Å². The summed E-state index contributed by atoms with van der Waals surface area (Å²) in [6.45, 7) is 0. The number of hydrogen-bond donors (Lipinski definition) is 0. The van der Waals surface area contributed by atoms with Crippen LogP contribution in [0.1, 0.15) is 0 Å². The topological polar surface area (TPSA) is 34.1 Å². The molecule has 0 amide bonds. The third-order valence-electron chi connectivity index (χ3n) is 9.71. The van der Waals surface area contributed by atoms with Crippen LogP contribution < -0.4 is 31.8 Å². The van der Waals surface area contributed by atoms with Crippen molar-refractivity contribution in [1.29, 1.82) is 0 Å². The van der Waals surface area contributed by atoms with Gasteiger partial charge in [0, 0.05) is 31.8 Å². The lowest BCUT2D eigenvalue weighted by molar-refractivity contribution is 0.591. The first-order valence-electron chi connectivity index (χ1n) is 17.4. The fourth-order valence-electron chi connectivity index (χ4n) is 6.88. The fourth-order valence-corrected chi connectivity index (χ4v) is 12.2. The number of hydrogen-bond acceptors (Lipinski definition) is 2. The Hall–Kier alpha value is -5.78. The third-order valence-corrected chi connectivity index (χ3v) is 15.9. The highest BCUT2D eigenvalue weighted by Gasteiger charge is 2.30. The van der Waals surface area contributed by atoms with Crippen molar-refractivity contribution >= 4 is 46.1 Å². The van der Waals surface area contributed by atoms with Gasteiger partial charge in [0.05, 0.1) is 0 Å². The molecule has 52 heavy (non-hydrogen) atoms. The van der Waals surface area contributed by atoms with Gasteiger partial charge in [0.2, 0.25) is 0 Å². The van der Waals surface area contributed by atoms with Crippen molar-refractivity contribution in [3.05, 3.63) is 218 Å². The minimum absolute atomic E-state index is 0.821. The molecule has 0 saturated carbocycles. The van der Waals surface area contributed by atoms with Crippen LogP contribution in [0.5, 0.6) is 0 Å². The molecular formula is C48H36O2P2. The molecule has 0 heterocycles. The van der Waals surface area contributed by atoms with Gasteiger partial charge in [-0.15, -0.1) is 0 Å². The van der Waals surface area contributed by atoms with Gasteiger partial charge in [0.15, 0.2) is 14.3 Å². The molecule has 0 atom stereocenters. The van der Waals surface area contributed by atoms with Crippen LogP contribution in [0.25, 0.3) is 33.4 Å². The molecule has 0 aliphatic carbocycles. The van der Waals surface area contributed by atoms with E-state index in [4.69, 9.17) is 0 Å². The van der Waals surface area contributed by atoms with Crippen molar-refractivity contribution in [1.82, 2.24) is 0 Å². The molecule has 0 unspecified atom stereocenters. The molecule has 2 nitrogen and oxygen atoms in total. The summed E-state index contributed by atoms with van der Waals surface area (Å²) in [5.41, 5.74) is 6.61. The van der Waals surface area contributed by atoms with Gasteiger partial charge in [-0.1, -0.05) is 218 Å².